The molecule has 1 amide bonds. The molecular weight excluding hydrogens is 442 g/mol. The molecule has 0 aliphatic carbocycles. The number of hydrogen-bond donors (Lipinski definition) is 1. The summed E-state index contributed by atoms with van der Waals surface area (Å²) in [7, 11) is 1.57. The van der Waals surface area contributed by atoms with Crippen LogP contribution in [-0.4, -0.2) is 24.2 Å². The number of hydrogen-bond acceptors (Lipinski definition) is 7. The van der Waals surface area contributed by atoms with Crippen molar-refractivity contribution in [1.29, 1.82) is 0 Å². The molecule has 2 aromatic heterocycles. The Kier molecular flexibility index (Phi) is 5.70. The number of benzene rings is 2. The summed E-state index contributed by atoms with van der Waals surface area (Å²) in [5, 5.41) is 15.8. The van der Waals surface area contributed by atoms with E-state index >= 15 is 0 Å². The zero-order chi connectivity index (χ0) is 22.0. The van der Waals surface area contributed by atoms with Crippen molar-refractivity contribution < 1.29 is 18.9 Å². The van der Waals surface area contributed by atoms with Crippen LogP contribution in [0.3, 0.4) is 0 Å². The summed E-state index contributed by atoms with van der Waals surface area (Å²) in [4.78, 5) is 23.1. The summed E-state index contributed by atoms with van der Waals surface area (Å²) >= 11 is 7.58. The van der Waals surface area contributed by atoms with Crippen LogP contribution in [0.2, 0.25) is 5.02 Å². The van der Waals surface area contributed by atoms with E-state index in [2.05, 4.69) is 10.5 Å². The van der Waals surface area contributed by atoms with Crippen molar-refractivity contribution in [1.82, 2.24) is 5.43 Å². The largest absolute Gasteiger partial charge is 0.497 e. The van der Waals surface area contributed by atoms with Crippen molar-refractivity contribution in [2.24, 2.45) is 5.10 Å². The minimum absolute atomic E-state index is 0.00172. The lowest BCUT2D eigenvalue weighted by molar-refractivity contribution is -0.384. The van der Waals surface area contributed by atoms with Crippen LogP contribution >= 0.6 is 22.9 Å². The Hall–Kier alpha value is -3.69. The van der Waals surface area contributed by atoms with Crippen LogP contribution in [0, 0.1) is 10.1 Å². The van der Waals surface area contributed by atoms with E-state index in [0.29, 0.717) is 32.7 Å². The first-order valence-electron chi connectivity index (χ1n) is 8.90. The van der Waals surface area contributed by atoms with Crippen LogP contribution in [0.1, 0.15) is 15.4 Å². The van der Waals surface area contributed by atoms with Gasteiger partial charge in [-0.15, -0.1) is 11.3 Å². The molecule has 1 N–H and O–H groups in total. The minimum Gasteiger partial charge on any atom is -0.497 e. The summed E-state index contributed by atoms with van der Waals surface area (Å²) in [6.45, 7) is 0. The van der Waals surface area contributed by atoms with Gasteiger partial charge in [0.1, 0.15) is 22.1 Å². The number of halogens is 1. The van der Waals surface area contributed by atoms with Crippen LogP contribution in [0.4, 0.5) is 5.69 Å². The highest BCUT2D eigenvalue weighted by Crippen LogP contribution is 2.37. The number of furan rings is 1. The molecule has 0 saturated heterocycles. The molecule has 156 valence electrons. The van der Waals surface area contributed by atoms with Crippen LogP contribution in [0.25, 0.3) is 21.4 Å². The van der Waals surface area contributed by atoms with E-state index in [0.717, 1.165) is 10.1 Å². The first kappa shape index (κ1) is 20.6. The van der Waals surface area contributed by atoms with Gasteiger partial charge in [0, 0.05) is 27.8 Å². The Bertz CT molecular complexity index is 1310. The molecule has 0 fully saturated rings. The highest BCUT2D eigenvalue weighted by atomic mass is 35.5. The zero-order valence-electron chi connectivity index (χ0n) is 16.0. The lowest BCUT2D eigenvalue weighted by Crippen LogP contribution is -2.16. The molecule has 0 aliphatic heterocycles. The van der Waals surface area contributed by atoms with E-state index in [1.54, 1.807) is 43.5 Å². The van der Waals surface area contributed by atoms with Crippen molar-refractivity contribution in [2.45, 2.75) is 0 Å². The second-order valence-corrected chi connectivity index (χ2v) is 7.74. The lowest BCUT2D eigenvalue weighted by atomic mass is 10.1. The minimum atomic E-state index is -0.466. The molecule has 0 atom stereocenters. The molecule has 8 nitrogen and oxygen atoms in total. The standard InChI is InChI=1S/C21H14ClN3O5S/c1-29-14-6-8-16-18(10-14)31-20(19(16)22)21(26)24-23-11-15-7-9-17(30-15)12-2-4-13(5-3-12)25(27)28/h2-11H,1H3,(H,24,26)/b23-11+. The molecule has 0 spiro atoms. The van der Waals surface area contributed by atoms with Crippen LogP contribution in [0.15, 0.2) is 64.1 Å². The predicted molar refractivity (Wildman–Crippen MR) is 119 cm³/mol. The van der Waals surface area contributed by atoms with Crippen LogP contribution < -0.4 is 10.2 Å². The number of non-ortho nitro benzene ring substituents is 1. The Labute approximate surface area is 184 Å². The maximum atomic E-state index is 12.5. The number of thiophene rings is 1. The number of nitro benzene ring substituents is 1. The maximum Gasteiger partial charge on any atom is 0.283 e. The van der Waals surface area contributed by atoms with Crippen molar-refractivity contribution >= 4 is 50.8 Å². The van der Waals surface area contributed by atoms with Gasteiger partial charge in [-0.1, -0.05) is 11.6 Å². The van der Waals surface area contributed by atoms with Gasteiger partial charge < -0.3 is 9.15 Å². The second-order valence-electron chi connectivity index (χ2n) is 6.31. The van der Waals surface area contributed by atoms with Gasteiger partial charge in [0.05, 0.1) is 23.3 Å². The van der Waals surface area contributed by atoms with E-state index < -0.39 is 10.8 Å². The third-order valence-corrected chi connectivity index (χ3v) is 6.05. The van der Waals surface area contributed by atoms with Gasteiger partial charge in [-0.05, 0) is 42.5 Å². The first-order chi connectivity index (χ1) is 15.0. The zero-order valence-corrected chi connectivity index (χ0v) is 17.6. The summed E-state index contributed by atoms with van der Waals surface area (Å²) in [6.07, 6.45) is 1.36. The number of carbonyl (C=O) groups excluding carboxylic acids is 1. The number of nitrogens with one attached hydrogen (secondary N) is 1. The number of nitro groups is 1. The second kappa shape index (κ2) is 8.58. The number of methoxy groups -OCH3 is 1. The monoisotopic (exact) mass is 455 g/mol. The van der Waals surface area contributed by atoms with Gasteiger partial charge in [-0.25, -0.2) is 5.43 Å². The fourth-order valence-corrected chi connectivity index (χ4v) is 4.28. The molecular formula is C21H14ClN3O5S. The number of nitrogens with zero attached hydrogens (tertiary/aromatic N) is 2. The smallest absolute Gasteiger partial charge is 0.283 e. The Morgan fingerprint density at radius 1 is 1.23 bits per heavy atom. The van der Waals surface area contributed by atoms with Gasteiger partial charge in [-0.3, -0.25) is 14.9 Å². The Morgan fingerprint density at radius 2 is 2.00 bits per heavy atom. The van der Waals surface area contributed by atoms with E-state index in [1.807, 2.05) is 6.07 Å². The quantitative estimate of drug-likeness (QED) is 0.235. The molecule has 0 radical (unpaired) electrons. The highest BCUT2D eigenvalue weighted by molar-refractivity contribution is 7.21. The fraction of sp³-hybridized carbons (Fsp3) is 0.0476. The van der Waals surface area contributed by atoms with Crippen molar-refractivity contribution in [2.75, 3.05) is 7.11 Å². The Balaban J connectivity index is 1.45. The fourth-order valence-electron chi connectivity index (χ4n) is 2.85. The molecule has 4 aromatic rings. The summed E-state index contributed by atoms with van der Waals surface area (Å²) < 4.78 is 11.7. The summed E-state index contributed by atoms with van der Waals surface area (Å²) in [6, 6.07) is 14.8. The topological polar surface area (TPSA) is 107 Å². The van der Waals surface area contributed by atoms with Crippen molar-refractivity contribution in [3.63, 3.8) is 0 Å². The molecule has 4 rings (SSSR count). The third-order valence-electron chi connectivity index (χ3n) is 4.39. The van der Waals surface area contributed by atoms with E-state index in [-0.39, 0.29) is 5.69 Å². The average molecular weight is 456 g/mol. The number of rotatable bonds is 6. The summed E-state index contributed by atoms with van der Waals surface area (Å²) in [5.74, 6) is 1.16. The Morgan fingerprint density at radius 3 is 2.71 bits per heavy atom. The lowest BCUT2D eigenvalue weighted by Gasteiger charge is -1.98. The maximum absolute atomic E-state index is 12.5. The highest BCUT2D eigenvalue weighted by Gasteiger charge is 2.17. The SMILES string of the molecule is COc1ccc2c(Cl)c(C(=O)N/N=C/c3ccc(-c4ccc([N+](=O)[O-])cc4)o3)sc2c1. The molecule has 0 unspecified atom stereocenters. The molecule has 2 heterocycles. The molecule has 0 bridgehead atoms. The van der Waals surface area contributed by atoms with Gasteiger partial charge in [0.15, 0.2) is 0 Å². The van der Waals surface area contributed by atoms with Crippen molar-refractivity contribution in [3.05, 3.63) is 80.4 Å². The molecule has 0 aliphatic rings. The third kappa shape index (κ3) is 4.27. The molecule has 31 heavy (non-hydrogen) atoms. The molecule has 10 heteroatoms. The average Bonchev–Trinajstić information content (AvgIpc) is 3.38. The normalized spacial score (nSPS) is 11.2. The van der Waals surface area contributed by atoms with E-state index in [4.69, 9.17) is 20.8 Å². The van der Waals surface area contributed by atoms with Gasteiger partial charge in [0.25, 0.3) is 11.6 Å². The molecule has 2 aromatic carbocycles. The summed E-state index contributed by atoms with van der Waals surface area (Å²) in [5.41, 5.74) is 3.12. The van der Waals surface area contributed by atoms with Crippen LogP contribution in [-0.2, 0) is 0 Å². The van der Waals surface area contributed by atoms with E-state index in [9.17, 15) is 14.9 Å². The first-order valence-corrected chi connectivity index (χ1v) is 10.1. The number of hydrazone groups is 1. The number of carbonyl (C=O) groups is 1. The van der Waals surface area contributed by atoms with Crippen LogP contribution in [0.5, 0.6) is 5.75 Å². The molecule has 0 saturated carbocycles. The number of ether oxygens (including phenoxy) is 1. The van der Waals surface area contributed by atoms with E-state index in [1.165, 1.54) is 29.7 Å². The van der Waals surface area contributed by atoms with Gasteiger partial charge in [0.2, 0.25) is 0 Å². The number of amides is 1. The van der Waals surface area contributed by atoms with Gasteiger partial charge >= 0.3 is 0 Å². The number of fused-ring (bicyclic) bond motifs is 1. The van der Waals surface area contributed by atoms with Crippen molar-refractivity contribution in [3.8, 4) is 17.1 Å². The van der Waals surface area contributed by atoms with Gasteiger partial charge in [-0.2, -0.15) is 5.10 Å². The predicted octanol–water partition coefficient (Wildman–Crippen LogP) is 5.50.